The van der Waals surface area contributed by atoms with Gasteiger partial charge in [0.05, 0.1) is 138 Å². The van der Waals surface area contributed by atoms with E-state index in [1.54, 1.807) is 91.5 Å². The molecule has 10 rings (SSSR count). The Balaban J connectivity index is 0.628. The van der Waals surface area contributed by atoms with Gasteiger partial charge in [-0.2, -0.15) is 4.98 Å². The number of fused-ring (bicyclic) bond motifs is 2. The number of urea groups is 1. The molecule has 2 aliphatic carbocycles. The van der Waals surface area contributed by atoms with Crippen LogP contribution in [0.15, 0.2) is 79.0 Å². The Morgan fingerprint density at radius 1 is 0.682 bits per heavy atom. The molecule has 5 heterocycles. The average Bonchev–Trinajstić information content (AvgIpc) is 0.928. The molecule has 1 saturated heterocycles. The molecule has 4 aromatic rings. The summed E-state index contributed by atoms with van der Waals surface area (Å²) in [6, 6.07) is 12.5. The van der Waals surface area contributed by atoms with Crippen molar-refractivity contribution >= 4 is 106 Å². The average molecular weight is 1840 g/mol. The first-order valence-electron chi connectivity index (χ1n) is 45.4. The van der Waals surface area contributed by atoms with Crippen LogP contribution in [-0.2, 0) is 104 Å². The number of imide groups is 2. The Morgan fingerprint density at radius 2 is 1.32 bits per heavy atom. The van der Waals surface area contributed by atoms with Crippen LogP contribution in [-0.4, -0.2) is 303 Å². The molecule has 4 atom stereocenters. The number of carbonyl (C=O) groups excluding carboxylic acids is 13. The number of primary amides is 1. The number of methoxy groups -OCH3 is 1. The van der Waals surface area contributed by atoms with Crippen LogP contribution in [0, 0.1) is 17.8 Å². The lowest BCUT2D eigenvalue weighted by molar-refractivity contribution is -0.138. The number of nitrogens with one attached hydrogen (secondary N) is 8. The number of aromatic nitrogens is 2. The molecule has 6 aliphatic rings. The van der Waals surface area contributed by atoms with Gasteiger partial charge in [-0.3, -0.25) is 63.0 Å². The number of ether oxygens (including phenoxy) is 11. The molecule has 0 spiro atoms. The van der Waals surface area contributed by atoms with Crippen molar-refractivity contribution in [2.24, 2.45) is 11.7 Å². The number of piperidine rings is 1. The molecule has 10 N–H and O–H groups in total. The van der Waals surface area contributed by atoms with Crippen LogP contribution in [0.2, 0.25) is 0 Å². The van der Waals surface area contributed by atoms with E-state index < -0.39 is 71.6 Å². The summed E-state index contributed by atoms with van der Waals surface area (Å²) >= 11 is 0. The number of nitrogens with two attached hydrogens (primary N) is 1. The fourth-order valence-corrected chi connectivity index (χ4v) is 16.0. The largest absolute Gasteiger partial charge is 0.495 e. The minimum atomic E-state index is -1.13. The summed E-state index contributed by atoms with van der Waals surface area (Å²) in [5.74, 6) is 3.02. The molecule has 1 unspecified atom stereocenters. The third-order valence-corrected chi connectivity index (χ3v) is 23.0. The van der Waals surface area contributed by atoms with Gasteiger partial charge in [-0.25, -0.2) is 14.6 Å². The Morgan fingerprint density at radius 3 is 1.94 bits per heavy atom. The van der Waals surface area contributed by atoms with Gasteiger partial charge in [-0.15, -0.1) is 0 Å². The van der Waals surface area contributed by atoms with E-state index in [-0.39, 0.29) is 171 Å². The quantitative estimate of drug-likeness (QED) is 0.0166. The highest BCUT2D eigenvalue weighted by molar-refractivity contribution is 6.13. The lowest BCUT2D eigenvalue weighted by atomic mass is 9.90. The van der Waals surface area contributed by atoms with E-state index in [1.807, 2.05) is 13.0 Å². The van der Waals surface area contributed by atoms with E-state index >= 15 is 0 Å². The van der Waals surface area contributed by atoms with Crippen molar-refractivity contribution in [3.63, 3.8) is 0 Å². The summed E-state index contributed by atoms with van der Waals surface area (Å²) in [5.41, 5.74) is 9.57. The van der Waals surface area contributed by atoms with Crippen molar-refractivity contribution < 1.29 is 114 Å². The number of hydrogen-bond donors (Lipinski definition) is 9. The Hall–Kier alpha value is -11.8. The van der Waals surface area contributed by atoms with Crippen LogP contribution in [0.1, 0.15) is 161 Å². The second-order valence-corrected chi connectivity index (χ2v) is 32.6. The van der Waals surface area contributed by atoms with Gasteiger partial charge in [0.15, 0.2) is 5.82 Å². The van der Waals surface area contributed by atoms with Crippen LogP contribution >= 0.6 is 0 Å². The number of nitrogens with zero attached hydrogens (tertiary/aromatic N) is 7. The lowest BCUT2D eigenvalue weighted by Crippen LogP contribution is -2.55. The molecule has 3 aromatic carbocycles. The lowest BCUT2D eigenvalue weighted by Gasteiger charge is -2.43. The molecular formula is C92H126N16O24. The first-order valence-corrected chi connectivity index (χ1v) is 45.4. The topological polar surface area (TPSA) is 488 Å². The van der Waals surface area contributed by atoms with Crippen LogP contribution in [0.4, 0.5) is 38.4 Å². The molecular weight excluding hydrogens is 1710 g/mol. The van der Waals surface area contributed by atoms with Crippen molar-refractivity contribution in [1.82, 2.24) is 56.6 Å². The standard InChI is InChI=1S/C92H126N16O24/c1-6-73-89(119)104(4)75-58-96-91(103-83(75)108(73)68-15-7-8-16-68)100-71-28-21-64(57-76(71)122-5)84(114)97-66-24-26-67(27-25-66)105(38-42-123-39-10-9-13-63-14-11-17-69-70(63)59-107(88(69)118)74-29-30-78(110)102-86(74)116)92(121)132-60-62-19-22-65(23-20-62)98-85(115)72(18-12-35-95-90(93)120)99-87(117)82(61(2)3)101-79(111)34-40-124-43-45-126-47-49-128-51-53-130-55-56-131-54-52-129-50-48-127-46-44-125-41-36-94-77(109)33-37-106-80(112)31-32-81(106)113/h11,14,17,19-23,28,31-32,57-58,61,66-68,72-74,82H,6-8,10,12,15-16,18,24-27,29-30,33-56,59-60H2,1-5H3,(H,94,109)(H,97,114)(H,98,115)(H,99,117)(H,101,111)(H3,93,95,120)(H,96,100,103)(H,102,110,116)/t66?,67?,72-,73+,74?,82-/m0/s1. The van der Waals surface area contributed by atoms with Gasteiger partial charge in [0.25, 0.3) is 23.6 Å². The van der Waals surface area contributed by atoms with Crippen molar-refractivity contribution in [3.8, 4) is 17.6 Å². The molecule has 0 bridgehead atoms. The number of amides is 14. The molecule has 14 amide bonds. The van der Waals surface area contributed by atoms with Gasteiger partial charge in [0, 0.05) is 118 Å². The predicted molar refractivity (Wildman–Crippen MR) is 481 cm³/mol. The summed E-state index contributed by atoms with van der Waals surface area (Å²) in [7, 11) is 3.26. The van der Waals surface area contributed by atoms with Gasteiger partial charge in [-0.1, -0.05) is 63.7 Å². The monoisotopic (exact) mass is 1840 g/mol. The number of anilines is 5. The highest BCUT2D eigenvalue weighted by atomic mass is 16.6. The summed E-state index contributed by atoms with van der Waals surface area (Å²) in [5, 5.41) is 22.4. The highest BCUT2D eigenvalue weighted by Crippen LogP contribution is 2.41. The first-order chi connectivity index (χ1) is 64.0. The van der Waals surface area contributed by atoms with Crippen LogP contribution in [0.5, 0.6) is 5.75 Å². The Kier molecular flexibility index (Phi) is 42.0. The second kappa shape index (κ2) is 54.2. The molecule has 3 fully saturated rings. The molecule has 132 heavy (non-hydrogen) atoms. The summed E-state index contributed by atoms with van der Waals surface area (Å²) in [6.45, 7) is 11.5. The van der Waals surface area contributed by atoms with Gasteiger partial charge < -0.3 is 115 Å². The van der Waals surface area contributed by atoms with Crippen LogP contribution < -0.4 is 62.8 Å². The van der Waals surface area contributed by atoms with Crippen molar-refractivity contribution in [3.05, 3.63) is 107 Å². The number of rotatable bonds is 56. The minimum Gasteiger partial charge on any atom is -0.495 e. The third-order valence-electron chi connectivity index (χ3n) is 23.0. The zero-order valence-electron chi connectivity index (χ0n) is 75.9. The van der Waals surface area contributed by atoms with E-state index in [0.717, 1.165) is 30.6 Å². The molecule has 718 valence electrons. The Labute approximate surface area is 768 Å². The van der Waals surface area contributed by atoms with Gasteiger partial charge >= 0.3 is 12.1 Å². The highest BCUT2D eigenvalue weighted by Gasteiger charge is 2.43. The SMILES string of the molecule is CC[C@@H]1C(=O)N(C)c2cnc(Nc3ccc(C(=O)NC4CCC(N(CCOCCC#Cc5cccc6c5CN(C5CCC(=O)NC5=O)C6=O)C(=O)OCc5ccc(NC(=O)[C@H](CCCNC(N)=O)NC(=O)[C@@H](NC(=O)CCOCCOCCOCCOCCOCCOCCOCCOCCNC(=O)CCN6C(=O)C=CC6=O)C(C)C)cc5)CC4)cc3OC)nc2N1C1CCCC1. The van der Waals surface area contributed by atoms with Crippen molar-refractivity contribution in [2.75, 3.05) is 180 Å². The van der Waals surface area contributed by atoms with Gasteiger partial charge in [0.1, 0.15) is 42.2 Å². The second-order valence-electron chi connectivity index (χ2n) is 32.6. The number of carbonyl (C=O) groups is 13. The molecule has 1 aromatic heterocycles. The normalized spacial score (nSPS) is 17.6. The molecule has 40 nitrogen and oxygen atoms in total. The predicted octanol–water partition coefficient (Wildman–Crippen LogP) is 4.60. The molecule has 0 radical (unpaired) electrons. The molecule has 4 aliphatic heterocycles. The van der Waals surface area contributed by atoms with Crippen LogP contribution in [0.25, 0.3) is 0 Å². The number of likely N-dealkylation sites (N-methyl/N-ethyl adjacent to an activating group) is 1. The maximum Gasteiger partial charge on any atom is 0.410 e. The smallest absolute Gasteiger partial charge is 0.410 e. The van der Waals surface area contributed by atoms with E-state index in [0.29, 0.717) is 180 Å². The van der Waals surface area contributed by atoms with Crippen LogP contribution in [0.3, 0.4) is 0 Å². The first kappa shape index (κ1) is 102. The van der Waals surface area contributed by atoms with E-state index in [4.69, 9.17) is 62.8 Å². The number of hydrogen-bond acceptors (Lipinski definition) is 28. The molecule has 40 heteroatoms. The maximum atomic E-state index is 14.4. The summed E-state index contributed by atoms with van der Waals surface area (Å²) in [4.78, 5) is 186. The van der Waals surface area contributed by atoms with E-state index in [2.05, 4.69) is 64.3 Å². The van der Waals surface area contributed by atoms with E-state index in [1.165, 1.54) is 24.2 Å². The third kappa shape index (κ3) is 31.7. The number of benzene rings is 3. The maximum absolute atomic E-state index is 14.4. The van der Waals surface area contributed by atoms with Gasteiger partial charge in [-0.05, 0) is 124 Å². The van der Waals surface area contributed by atoms with Crippen molar-refractivity contribution in [2.45, 2.75) is 179 Å². The van der Waals surface area contributed by atoms with Gasteiger partial charge in [0.2, 0.25) is 47.3 Å². The fourth-order valence-electron chi connectivity index (χ4n) is 16.0. The molecule has 2 saturated carbocycles. The zero-order chi connectivity index (χ0) is 94.1. The van der Waals surface area contributed by atoms with E-state index in [9.17, 15) is 62.3 Å². The summed E-state index contributed by atoms with van der Waals surface area (Å²) in [6.07, 6.45) is 11.2. The Bertz CT molecular complexity index is 4630. The zero-order valence-corrected chi connectivity index (χ0v) is 75.9. The summed E-state index contributed by atoms with van der Waals surface area (Å²) < 4.78 is 62.2. The van der Waals surface area contributed by atoms with Crippen molar-refractivity contribution in [1.29, 1.82) is 0 Å². The minimum absolute atomic E-state index is 0.0131. The fraction of sp³-hybridized carbons (Fsp3) is 0.576.